The van der Waals surface area contributed by atoms with Crippen LogP contribution in [0.25, 0.3) is 0 Å². The van der Waals surface area contributed by atoms with Crippen molar-refractivity contribution in [3.8, 4) is 0 Å². The van der Waals surface area contributed by atoms with Crippen molar-refractivity contribution in [3.05, 3.63) is 45.4 Å². The van der Waals surface area contributed by atoms with Crippen LogP contribution in [-0.2, 0) is 6.54 Å². The molecule has 0 saturated carbocycles. The van der Waals surface area contributed by atoms with E-state index >= 15 is 0 Å². The number of hydrogen-bond acceptors (Lipinski definition) is 5. The Morgan fingerprint density at radius 2 is 1.80 bits per heavy atom. The van der Waals surface area contributed by atoms with Crippen LogP contribution in [0.3, 0.4) is 0 Å². The molecule has 2 aromatic rings. The van der Waals surface area contributed by atoms with E-state index in [0.29, 0.717) is 12.2 Å². The Labute approximate surface area is 119 Å². The number of thiazole rings is 1. The lowest BCUT2D eigenvalue weighted by atomic mass is 10.1. The number of aryl methyl sites for hydroxylation is 1. The third-order valence-electron chi connectivity index (χ3n) is 2.61. The minimum atomic E-state index is -0.610. The Hall–Kier alpha value is -2.41. The number of benzene rings is 1. The molecule has 0 unspecified atom stereocenters. The van der Waals surface area contributed by atoms with Gasteiger partial charge in [-0.05, 0) is 25.1 Å². The van der Waals surface area contributed by atoms with E-state index in [-0.39, 0.29) is 11.1 Å². The molecule has 6 nitrogen and oxygen atoms in total. The van der Waals surface area contributed by atoms with Crippen LogP contribution in [0.4, 0.5) is 5.69 Å². The summed E-state index contributed by atoms with van der Waals surface area (Å²) in [5.74, 6) is -1.22. The lowest BCUT2D eigenvalue weighted by Gasteiger charge is -2.08. The highest BCUT2D eigenvalue weighted by atomic mass is 32.1. The number of anilines is 1. The van der Waals surface area contributed by atoms with Gasteiger partial charge in [0.05, 0.1) is 6.54 Å². The first-order chi connectivity index (χ1) is 9.45. The molecule has 1 heterocycles. The highest BCUT2D eigenvalue weighted by molar-refractivity contribution is 7.09. The fourth-order valence-corrected chi connectivity index (χ4v) is 2.39. The van der Waals surface area contributed by atoms with Gasteiger partial charge in [0.25, 0.3) is 0 Å². The van der Waals surface area contributed by atoms with E-state index in [1.807, 2.05) is 12.3 Å². The van der Waals surface area contributed by atoms with E-state index in [4.69, 9.17) is 11.5 Å². The van der Waals surface area contributed by atoms with Crippen LogP contribution in [0, 0.1) is 6.92 Å². The number of nitrogens with one attached hydrogen (secondary N) is 1. The van der Waals surface area contributed by atoms with Gasteiger partial charge in [-0.2, -0.15) is 0 Å². The van der Waals surface area contributed by atoms with E-state index in [1.165, 1.54) is 17.4 Å². The van der Waals surface area contributed by atoms with Crippen molar-refractivity contribution in [2.24, 2.45) is 11.5 Å². The summed E-state index contributed by atoms with van der Waals surface area (Å²) in [4.78, 5) is 26.8. The highest BCUT2D eigenvalue weighted by Gasteiger charge is 2.09. The highest BCUT2D eigenvalue weighted by Crippen LogP contribution is 2.17. The van der Waals surface area contributed by atoms with Gasteiger partial charge in [0.15, 0.2) is 0 Å². The molecule has 2 rings (SSSR count). The summed E-state index contributed by atoms with van der Waals surface area (Å²) >= 11 is 1.53. The molecular formula is C13H14N4O2S. The summed E-state index contributed by atoms with van der Waals surface area (Å²) in [5, 5.41) is 5.96. The molecular weight excluding hydrogens is 276 g/mol. The summed E-state index contributed by atoms with van der Waals surface area (Å²) in [7, 11) is 0. The maximum Gasteiger partial charge on any atom is 0.248 e. The van der Waals surface area contributed by atoms with Crippen molar-refractivity contribution in [3.63, 3.8) is 0 Å². The second-order valence-corrected chi connectivity index (χ2v) is 5.21. The van der Waals surface area contributed by atoms with Gasteiger partial charge in [-0.15, -0.1) is 11.3 Å². The first-order valence-electron chi connectivity index (χ1n) is 5.85. The number of amides is 2. The summed E-state index contributed by atoms with van der Waals surface area (Å²) in [6.45, 7) is 2.41. The summed E-state index contributed by atoms with van der Waals surface area (Å²) in [5.41, 5.74) is 12.5. The molecule has 1 aromatic heterocycles. The average molecular weight is 290 g/mol. The van der Waals surface area contributed by atoms with Gasteiger partial charge in [0.1, 0.15) is 5.01 Å². The van der Waals surface area contributed by atoms with Gasteiger partial charge in [0.2, 0.25) is 11.8 Å². The maximum absolute atomic E-state index is 11.2. The Morgan fingerprint density at radius 1 is 1.20 bits per heavy atom. The third kappa shape index (κ3) is 3.33. The Bertz CT molecular complexity index is 634. The fourth-order valence-electron chi connectivity index (χ4n) is 1.68. The van der Waals surface area contributed by atoms with E-state index in [2.05, 4.69) is 10.3 Å². The maximum atomic E-state index is 11.2. The number of rotatable bonds is 5. The Morgan fingerprint density at radius 3 is 2.25 bits per heavy atom. The predicted octanol–water partition coefficient (Wildman–Crippen LogP) is 1.26. The standard InChI is InChI=1S/C13H14N4O2S/c1-7-6-20-11(17-7)5-16-10-3-8(12(14)18)2-9(4-10)13(15)19/h2-4,6,16H,5H2,1H3,(H2,14,18)(H2,15,19). The molecule has 0 bridgehead atoms. The second kappa shape index (κ2) is 5.70. The molecule has 104 valence electrons. The number of aromatic nitrogens is 1. The molecule has 0 saturated heterocycles. The monoisotopic (exact) mass is 290 g/mol. The first kappa shape index (κ1) is 14.0. The Balaban J connectivity index is 2.21. The van der Waals surface area contributed by atoms with Crippen LogP contribution in [-0.4, -0.2) is 16.8 Å². The van der Waals surface area contributed by atoms with Crippen LogP contribution in [0.5, 0.6) is 0 Å². The zero-order chi connectivity index (χ0) is 14.7. The summed E-state index contributed by atoms with van der Waals surface area (Å²) < 4.78 is 0. The van der Waals surface area contributed by atoms with E-state index in [0.717, 1.165) is 10.7 Å². The molecule has 7 heteroatoms. The molecule has 0 spiro atoms. The zero-order valence-electron chi connectivity index (χ0n) is 10.8. The molecule has 0 aliphatic heterocycles. The lowest BCUT2D eigenvalue weighted by Crippen LogP contribution is -2.16. The van der Waals surface area contributed by atoms with Crippen molar-refractivity contribution >= 4 is 28.8 Å². The van der Waals surface area contributed by atoms with Crippen LogP contribution < -0.4 is 16.8 Å². The topological polar surface area (TPSA) is 111 Å². The van der Waals surface area contributed by atoms with Crippen LogP contribution in [0.1, 0.15) is 31.4 Å². The van der Waals surface area contributed by atoms with Crippen molar-refractivity contribution in [1.29, 1.82) is 0 Å². The quantitative estimate of drug-likeness (QED) is 0.769. The Kier molecular flexibility index (Phi) is 3.99. The predicted molar refractivity (Wildman–Crippen MR) is 77.7 cm³/mol. The number of hydrogen-bond donors (Lipinski definition) is 3. The molecule has 2 amide bonds. The van der Waals surface area contributed by atoms with Gasteiger partial charge >= 0.3 is 0 Å². The van der Waals surface area contributed by atoms with Gasteiger partial charge in [-0.3, -0.25) is 9.59 Å². The normalized spacial score (nSPS) is 10.2. The van der Waals surface area contributed by atoms with Gasteiger partial charge in [-0.1, -0.05) is 0 Å². The minimum Gasteiger partial charge on any atom is -0.378 e. The average Bonchev–Trinajstić information content (AvgIpc) is 2.81. The van der Waals surface area contributed by atoms with Crippen LogP contribution in [0.15, 0.2) is 23.6 Å². The smallest absolute Gasteiger partial charge is 0.248 e. The molecule has 5 N–H and O–H groups in total. The molecule has 0 aliphatic carbocycles. The van der Waals surface area contributed by atoms with Gasteiger partial charge in [0, 0.05) is 27.9 Å². The van der Waals surface area contributed by atoms with Crippen molar-refractivity contribution in [1.82, 2.24) is 4.98 Å². The molecule has 0 aliphatic rings. The van der Waals surface area contributed by atoms with Crippen LogP contribution in [0.2, 0.25) is 0 Å². The summed E-state index contributed by atoms with van der Waals surface area (Å²) in [6.07, 6.45) is 0. The van der Waals surface area contributed by atoms with Gasteiger partial charge in [-0.25, -0.2) is 4.98 Å². The second-order valence-electron chi connectivity index (χ2n) is 4.26. The molecule has 20 heavy (non-hydrogen) atoms. The fraction of sp³-hybridized carbons (Fsp3) is 0.154. The van der Waals surface area contributed by atoms with Gasteiger partial charge < -0.3 is 16.8 Å². The van der Waals surface area contributed by atoms with Crippen molar-refractivity contribution < 1.29 is 9.59 Å². The largest absolute Gasteiger partial charge is 0.378 e. The first-order valence-corrected chi connectivity index (χ1v) is 6.73. The van der Waals surface area contributed by atoms with E-state index < -0.39 is 11.8 Å². The van der Waals surface area contributed by atoms with E-state index in [1.54, 1.807) is 12.1 Å². The number of nitrogens with two attached hydrogens (primary N) is 2. The van der Waals surface area contributed by atoms with Crippen LogP contribution >= 0.6 is 11.3 Å². The molecule has 1 aromatic carbocycles. The number of carbonyl (C=O) groups is 2. The molecule has 0 radical (unpaired) electrons. The number of carbonyl (C=O) groups excluding carboxylic acids is 2. The summed E-state index contributed by atoms with van der Waals surface area (Å²) in [6, 6.07) is 4.54. The molecule has 0 atom stereocenters. The SMILES string of the molecule is Cc1csc(CNc2cc(C(N)=O)cc(C(N)=O)c2)n1. The number of nitrogens with zero attached hydrogens (tertiary/aromatic N) is 1. The lowest BCUT2D eigenvalue weighted by molar-refractivity contribution is 0.0999. The van der Waals surface area contributed by atoms with Crippen molar-refractivity contribution in [2.45, 2.75) is 13.5 Å². The molecule has 0 fully saturated rings. The third-order valence-corrected chi connectivity index (χ3v) is 3.58. The zero-order valence-corrected chi connectivity index (χ0v) is 11.7. The van der Waals surface area contributed by atoms with Crippen molar-refractivity contribution in [2.75, 3.05) is 5.32 Å². The van der Waals surface area contributed by atoms with E-state index in [9.17, 15) is 9.59 Å². The minimum absolute atomic E-state index is 0.235. The number of primary amides is 2.